The molecule has 2 atom stereocenters. The molecule has 1 N–H and O–H groups in total. The molecule has 3 rings (SSSR count). The van der Waals surface area contributed by atoms with E-state index in [1.807, 2.05) is 0 Å². The molecular weight excluding hydrogens is 152 g/mol. The molecule has 3 aliphatic heterocycles. The van der Waals surface area contributed by atoms with E-state index in [0.29, 0.717) is 18.2 Å². The summed E-state index contributed by atoms with van der Waals surface area (Å²) in [5, 5.41) is 2.36. The van der Waals surface area contributed by atoms with E-state index >= 15 is 0 Å². The molecule has 0 spiro atoms. The van der Waals surface area contributed by atoms with Gasteiger partial charge in [-0.2, -0.15) is 0 Å². The summed E-state index contributed by atoms with van der Waals surface area (Å²) < 4.78 is 5.61. The van der Waals surface area contributed by atoms with Gasteiger partial charge in [-0.05, 0) is 26.7 Å². The average Bonchev–Trinajstić information content (AvgIpc) is 2.05. The number of morpholine rings is 1. The first-order chi connectivity index (χ1) is 5.75. The second-order valence-corrected chi connectivity index (χ2v) is 4.12. The molecule has 12 heavy (non-hydrogen) atoms. The van der Waals surface area contributed by atoms with Crippen LogP contribution < -0.4 is 5.43 Å². The van der Waals surface area contributed by atoms with Crippen LogP contribution in [0.1, 0.15) is 26.7 Å². The summed E-state index contributed by atoms with van der Waals surface area (Å²) in [5.74, 6) is 0. The second-order valence-electron chi connectivity index (χ2n) is 4.12. The van der Waals surface area contributed by atoms with Gasteiger partial charge >= 0.3 is 0 Å². The van der Waals surface area contributed by atoms with Gasteiger partial charge in [0.1, 0.15) is 0 Å². The van der Waals surface area contributed by atoms with Crippen molar-refractivity contribution in [2.75, 3.05) is 13.2 Å². The van der Waals surface area contributed by atoms with Gasteiger partial charge in [-0.25, -0.2) is 5.01 Å². The Labute approximate surface area is 74.0 Å². The van der Waals surface area contributed by atoms with Crippen LogP contribution in [0.3, 0.4) is 0 Å². The van der Waals surface area contributed by atoms with Gasteiger partial charge in [0.05, 0.1) is 12.7 Å². The molecule has 3 heterocycles. The third-order valence-corrected chi connectivity index (χ3v) is 2.61. The number of hydrazine groups is 1. The molecule has 0 amide bonds. The first-order valence-electron chi connectivity index (χ1n) is 4.90. The third-order valence-electron chi connectivity index (χ3n) is 2.61. The molecule has 0 aromatic heterocycles. The topological polar surface area (TPSA) is 24.5 Å². The molecule has 3 saturated heterocycles. The maximum Gasteiger partial charge on any atom is 0.0717 e. The molecule has 0 aliphatic carbocycles. The molecule has 3 nitrogen and oxygen atoms in total. The Morgan fingerprint density at radius 1 is 1.42 bits per heavy atom. The molecule has 3 fully saturated rings. The zero-order valence-electron chi connectivity index (χ0n) is 7.92. The summed E-state index contributed by atoms with van der Waals surface area (Å²) in [6, 6.07) is 1.17. The number of rotatable bonds is 2. The van der Waals surface area contributed by atoms with Crippen LogP contribution >= 0.6 is 0 Å². The minimum atomic E-state index is 0.487. The van der Waals surface area contributed by atoms with Crippen molar-refractivity contribution >= 4 is 0 Å². The largest absolute Gasteiger partial charge is 0.375 e. The van der Waals surface area contributed by atoms with E-state index in [1.54, 1.807) is 0 Å². The van der Waals surface area contributed by atoms with Crippen LogP contribution in [-0.2, 0) is 4.74 Å². The second kappa shape index (κ2) is 3.32. The molecule has 3 aliphatic rings. The van der Waals surface area contributed by atoms with E-state index in [2.05, 4.69) is 24.3 Å². The highest BCUT2D eigenvalue weighted by Crippen LogP contribution is 2.24. The molecule has 0 radical (unpaired) electrons. The van der Waals surface area contributed by atoms with Gasteiger partial charge in [0.2, 0.25) is 0 Å². The van der Waals surface area contributed by atoms with Gasteiger partial charge in [0.15, 0.2) is 0 Å². The Hall–Kier alpha value is -0.120. The summed E-state index contributed by atoms with van der Waals surface area (Å²) in [4.78, 5) is 0. The maximum absolute atomic E-state index is 5.61. The minimum absolute atomic E-state index is 0.487. The van der Waals surface area contributed by atoms with Crippen LogP contribution in [0.2, 0.25) is 0 Å². The lowest BCUT2D eigenvalue weighted by atomic mass is 9.99. The van der Waals surface area contributed by atoms with Crippen molar-refractivity contribution in [2.45, 2.75) is 44.9 Å². The average molecular weight is 170 g/mol. The molecule has 0 aromatic carbocycles. The number of hydrogen-bond acceptors (Lipinski definition) is 3. The van der Waals surface area contributed by atoms with Gasteiger partial charge in [-0.1, -0.05) is 0 Å². The summed E-state index contributed by atoms with van der Waals surface area (Å²) in [7, 11) is 0. The Morgan fingerprint density at radius 2 is 2.25 bits per heavy atom. The summed E-state index contributed by atoms with van der Waals surface area (Å²) in [6.45, 7) is 6.36. The molecule has 70 valence electrons. The van der Waals surface area contributed by atoms with E-state index < -0.39 is 0 Å². The monoisotopic (exact) mass is 170 g/mol. The zero-order chi connectivity index (χ0) is 8.55. The fourth-order valence-corrected chi connectivity index (χ4v) is 2.04. The smallest absolute Gasteiger partial charge is 0.0717 e. The lowest BCUT2D eigenvalue weighted by molar-refractivity contribution is -0.127. The standard InChI is InChI=1S/C9H18N2O/c1-7(2)10-11-5-9-4-3-8(11)6-12-9/h7-10H,3-6H2,1-2H3/t8-,9-/m0/s1. The molecule has 0 saturated carbocycles. The molecule has 3 heteroatoms. The van der Waals surface area contributed by atoms with E-state index in [9.17, 15) is 0 Å². The Kier molecular flexibility index (Phi) is 2.35. The van der Waals surface area contributed by atoms with Gasteiger partial charge in [0, 0.05) is 18.6 Å². The van der Waals surface area contributed by atoms with Gasteiger partial charge in [-0.3, -0.25) is 5.43 Å². The van der Waals surface area contributed by atoms with E-state index in [-0.39, 0.29) is 0 Å². The predicted molar refractivity (Wildman–Crippen MR) is 47.7 cm³/mol. The number of nitrogens with one attached hydrogen (secondary N) is 1. The SMILES string of the molecule is CC(C)NN1C[C@@H]2CC[C@H]1CO2. The molecular formula is C9H18N2O. The fourth-order valence-electron chi connectivity index (χ4n) is 2.04. The number of nitrogens with zero attached hydrogens (tertiary/aromatic N) is 1. The Bertz CT molecular complexity index is 151. The van der Waals surface area contributed by atoms with Crippen LogP contribution in [0.5, 0.6) is 0 Å². The minimum Gasteiger partial charge on any atom is -0.375 e. The highest BCUT2D eigenvalue weighted by Gasteiger charge is 2.34. The molecule has 2 bridgehead atoms. The summed E-state index contributed by atoms with van der Waals surface area (Å²) in [5.41, 5.74) is 3.47. The van der Waals surface area contributed by atoms with Gasteiger partial charge in [0.25, 0.3) is 0 Å². The highest BCUT2D eigenvalue weighted by atomic mass is 16.5. The maximum atomic E-state index is 5.61. The zero-order valence-corrected chi connectivity index (χ0v) is 7.92. The normalized spacial score (nSPS) is 36.2. The van der Waals surface area contributed by atoms with Crippen molar-refractivity contribution in [3.05, 3.63) is 0 Å². The van der Waals surface area contributed by atoms with Gasteiger partial charge < -0.3 is 4.74 Å². The first kappa shape index (κ1) is 8.48. The van der Waals surface area contributed by atoms with Crippen LogP contribution in [0.25, 0.3) is 0 Å². The van der Waals surface area contributed by atoms with Crippen molar-refractivity contribution in [1.82, 2.24) is 10.4 Å². The van der Waals surface area contributed by atoms with E-state index in [4.69, 9.17) is 4.74 Å². The highest BCUT2D eigenvalue weighted by molar-refractivity contribution is 4.85. The number of piperidine rings is 1. The third kappa shape index (κ3) is 1.63. The summed E-state index contributed by atoms with van der Waals surface area (Å²) in [6.07, 6.45) is 3.03. The van der Waals surface area contributed by atoms with Crippen LogP contribution in [0.15, 0.2) is 0 Å². The van der Waals surface area contributed by atoms with E-state index in [1.165, 1.54) is 12.8 Å². The van der Waals surface area contributed by atoms with E-state index in [0.717, 1.165) is 13.2 Å². The van der Waals surface area contributed by atoms with Crippen molar-refractivity contribution in [1.29, 1.82) is 0 Å². The van der Waals surface area contributed by atoms with Crippen molar-refractivity contribution in [3.8, 4) is 0 Å². The van der Waals surface area contributed by atoms with Crippen molar-refractivity contribution < 1.29 is 4.74 Å². The number of fused-ring (bicyclic) bond motifs is 3. The summed E-state index contributed by atoms with van der Waals surface area (Å²) >= 11 is 0. The Morgan fingerprint density at radius 3 is 2.67 bits per heavy atom. The lowest BCUT2D eigenvalue weighted by Gasteiger charge is -2.45. The van der Waals surface area contributed by atoms with Crippen LogP contribution in [0, 0.1) is 0 Å². The van der Waals surface area contributed by atoms with Gasteiger partial charge in [-0.15, -0.1) is 0 Å². The Balaban J connectivity index is 1.91. The molecule has 0 aromatic rings. The van der Waals surface area contributed by atoms with Crippen LogP contribution in [-0.4, -0.2) is 36.3 Å². The predicted octanol–water partition coefficient (Wildman–Crippen LogP) is 0.763. The molecule has 0 unspecified atom stereocenters. The quantitative estimate of drug-likeness (QED) is 0.662. The first-order valence-corrected chi connectivity index (χ1v) is 4.90. The fraction of sp³-hybridized carbons (Fsp3) is 1.00. The number of hydrogen-bond donors (Lipinski definition) is 1. The lowest BCUT2D eigenvalue weighted by Crippen LogP contribution is -2.60. The number of ether oxygens (including phenoxy) is 1. The van der Waals surface area contributed by atoms with Crippen molar-refractivity contribution in [2.24, 2.45) is 0 Å². The van der Waals surface area contributed by atoms with Crippen LogP contribution in [0.4, 0.5) is 0 Å². The van der Waals surface area contributed by atoms with Crippen molar-refractivity contribution in [3.63, 3.8) is 0 Å².